The van der Waals surface area contributed by atoms with E-state index in [1.165, 1.54) is 22.7 Å². The summed E-state index contributed by atoms with van der Waals surface area (Å²) in [5, 5.41) is 5.71. The van der Waals surface area contributed by atoms with Crippen molar-refractivity contribution < 1.29 is 13.2 Å². The Morgan fingerprint density at radius 2 is 1.71 bits per heavy atom. The van der Waals surface area contributed by atoms with Crippen LogP contribution in [0.4, 0.5) is 5.69 Å². The highest BCUT2D eigenvalue weighted by atomic mass is 35.5. The Kier molecular flexibility index (Phi) is 7.35. The maximum Gasteiger partial charge on any atom is 0.271 e. The van der Waals surface area contributed by atoms with Crippen molar-refractivity contribution in [3.05, 3.63) is 106 Å². The van der Waals surface area contributed by atoms with E-state index >= 15 is 0 Å². The number of nitrogens with one attached hydrogen (secondary N) is 1. The fraction of sp³-hybridized carbons (Fsp3) is 0.0800. The smallest absolute Gasteiger partial charge is 0.267 e. The SMILES string of the molecule is CS(=O)(=O)N(Cc1ccc(Cl)cc1)c1ccc(C(=O)NN=Cc2cc3ccccc3nc2Cl)cc1. The summed E-state index contributed by atoms with van der Waals surface area (Å²) in [6, 6.07) is 22.5. The number of hydrogen-bond acceptors (Lipinski definition) is 5. The fourth-order valence-electron chi connectivity index (χ4n) is 3.36. The van der Waals surface area contributed by atoms with Gasteiger partial charge in [0.2, 0.25) is 10.0 Å². The highest BCUT2D eigenvalue weighted by molar-refractivity contribution is 7.92. The van der Waals surface area contributed by atoms with Crippen molar-refractivity contribution in [1.82, 2.24) is 10.4 Å². The van der Waals surface area contributed by atoms with E-state index in [1.807, 2.05) is 30.3 Å². The van der Waals surface area contributed by atoms with Crippen molar-refractivity contribution in [3.63, 3.8) is 0 Å². The summed E-state index contributed by atoms with van der Waals surface area (Å²) >= 11 is 12.1. The Bertz CT molecular complexity index is 1510. The third-order valence-electron chi connectivity index (χ3n) is 5.13. The molecule has 1 amide bonds. The summed E-state index contributed by atoms with van der Waals surface area (Å²) in [6.45, 7) is 0.131. The summed E-state index contributed by atoms with van der Waals surface area (Å²) in [5.41, 5.74) is 5.29. The van der Waals surface area contributed by atoms with E-state index in [9.17, 15) is 13.2 Å². The van der Waals surface area contributed by atoms with Crippen LogP contribution in [0.1, 0.15) is 21.5 Å². The Morgan fingerprint density at radius 3 is 2.40 bits per heavy atom. The average Bonchev–Trinajstić information content (AvgIpc) is 2.83. The average molecular weight is 527 g/mol. The van der Waals surface area contributed by atoms with Gasteiger partial charge in [-0.05, 0) is 54.1 Å². The lowest BCUT2D eigenvalue weighted by Gasteiger charge is -2.22. The second-order valence-electron chi connectivity index (χ2n) is 7.70. The number of aromatic nitrogens is 1. The number of anilines is 1. The maximum absolute atomic E-state index is 12.5. The zero-order chi connectivity index (χ0) is 25.0. The van der Waals surface area contributed by atoms with Crippen molar-refractivity contribution in [2.75, 3.05) is 10.6 Å². The van der Waals surface area contributed by atoms with Gasteiger partial charge in [-0.15, -0.1) is 0 Å². The minimum atomic E-state index is -3.57. The van der Waals surface area contributed by atoms with Gasteiger partial charge in [-0.1, -0.05) is 53.5 Å². The molecule has 35 heavy (non-hydrogen) atoms. The Labute approximate surface area is 213 Å². The molecule has 0 fully saturated rings. The first-order chi connectivity index (χ1) is 16.7. The zero-order valence-electron chi connectivity index (χ0n) is 18.5. The van der Waals surface area contributed by atoms with Crippen LogP contribution in [0, 0.1) is 0 Å². The summed E-state index contributed by atoms with van der Waals surface area (Å²) in [5.74, 6) is -0.457. The molecule has 1 N–H and O–H groups in total. The van der Waals surface area contributed by atoms with Gasteiger partial charge in [0, 0.05) is 21.5 Å². The third-order valence-corrected chi connectivity index (χ3v) is 6.83. The quantitative estimate of drug-likeness (QED) is 0.201. The molecule has 0 aliphatic heterocycles. The van der Waals surface area contributed by atoms with E-state index in [2.05, 4.69) is 15.5 Å². The summed E-state index contributed by atoms with van der Waals surface area (Å²) in [4.78, 5) is 16.8. The monoisotopic (exact) mass is 526 g/mol. The Balaban J connectivity index is 1.47. The van der Waals surface area contributed by atoms with Crippen LogP contribution in [-0.2, 0) is 16.6 Å². The number of carbonyl (C=O) groups excluding carboxylic acids is 1. The van der Waals surface area contributed by atoms with Crippen molar-refractivity contribution >= 4 is 61.9 Å². The number of hydrazone groups is 1. The number of para-hydroxylation sites is 1. The number of carbonyl (C=O) groups is 1. The van der Waals surface area contributed by atoms with E-state index in [4.69, 9.17) is 23.2 Å². The molecule has 10 heteroatoms. The third kappa shape index (κ3) is 6.16. The summed E-state index contributed by atoms with van der Waals surface area (Å²) in [7, 11) is -3.57. The van der Waals surface area contributed by atoms with Crippen molar-refractivity contribution in [3.8, 4) is 0 Å². The van der Waals surface area contributed by atoms with E-state index in [0.717, 1.165) is 22.7 Å². The number of pyridine rings is 1. The van der Waals surface area contributed by atoms with Gasteiger partial charge in [-0.25, -0.2) is 18.8 Å². The van der Waals surface area contributed by atoms with E-state index in [0.29, 0.717) is 21.8 Å². The predicted molar refractivity (Wildman–Crippen MR) is 141 cm³/mol. The van der Waals surface area contributed by atoms with Gasteiger partial charge >= 0.3 is 0 Å². The molecule has 0 radical (unpaired) electrons. The van der Waals surface area contributed by atoms with Gasteiger partial charge in [0.25, 0.3) is 5.91 Å². The maximum atomic E-state index is 12.5. The minimum absolute atomic E-state index is 0.131. The van der Waals surface area contributed by atoms with Gasteiger partial charge < -0.3 is 0 Å². The van der Waals surface area contributed by atoms with Crippen LogP contribution in [-0.4, -0.2) is 31.8 Å². The molecule has 1 heterocycles. The van der Waals surface area contributed by atoms with Crippen molar-refractivity contribution in [1.29, 1.82) is 0 Å². The Morgan fingerprint density at radius 1 is 1.03 bits per heavy atom. The van der Waals surface area contributed by atoms with Gasteiger partial charge in [0.05, 0.1) is 30.2 Å². The second kappa shape index (κ2) is 10.4. The lowest BCUT2D eigenvalue weighted by Crippen LogP contribution is -2.29. The molecule has 0 aliphatic rings. The normalized spacial score (nSPS) is 11.6. The summed E-state index contributed by atoms with van der Waals surface area (Å²) < 4.78 is 26.0. The van der Waals surface area contributed by atoms with E-state index < -0.39 is 15.9 Å². The van der Waals surface area contributed by atoms with Crippen LogP contribution in [0.25, 0.3) is 10.9 Å². The minimum Gasteiger partial charge on any atom is -0.267 e. The van der Waals surface area contributed by atoms with Crippen molar-refractivity contribution in [2.45, 2.75) is 6.54 Å². The highest BCUT2D eigenvalue weighted by Gasteiger charge is 2.18. The molecule has 0 saturated heterocycles. The molecule has 4 rings (SSSR count). The number of halogens is 2. The Hall–Kier alpha value is -3.46. The molecule has 0 unspecified atom stereocenters. The number of fused-ring (bicyclic) bond motifs is 1. The molecule has 178 valence electrons. The van der Waals surface area contributed by atoms with Gasteiger partial charge in [0.15, 0.2) is 0 Å². The molecule has 4 aromatic rings. The number of benzene rings is 3. The topological polar surface area (TPSA) is 91.7 Å². The first kappa shape index (κ1) is 24.7. The molecule has 0 aliphatic carbocycles. The van der Waals surface area contributed by atoms with Gasteiger partial charge in [-0.3, -0.25) is 9.10 Å². The van der Waals surface area contributed by atoms with Gasteiger partial charge in [-0.2, -0.15) is 5.10 Å². The van der Waals surface area contributed by atoms with E-state index in [-0.39, 0.29) is 11.7 Å². The fourth-order valence-corrected chi connectivity index (χ4v) is 4.57. The molecular formula is C25H20Cl2N4O3S. The molecule has 3 aromatic carbocycles. The second-order valence-corrected chi connectivity index (χ2v) is 10.4. The van der Waals surface area contributed by atoms with Crippen LogP contribution in [0.2, 0.25) is 10.2 Å². The van der Waals surface area contributed by atoms with Crippen LogP contribution >= 0.6 is 23.2 Å². The van der Waals surface area contributed by atoms with E-state index in [1.54, 1.807) is 36.4 Å². The number of hydrogen-bond donors (Lipinski definition) is 1. The lowest BCUT2D eigenvalue weighted by molar-refractivity contribution is 0.0955. The standard InChI is InChI=1S/C25H20Cl2N4O3S/c1-35(33,34)31(16-17-6-10-21(26)11-7-17)22-12-8-18(9-13-22)25(32)30-28-15-20-14-19-4-2-3-5-23(19)29-24(20)27/h2-15H,16H2,1H3,(H,30,32). The number of rotatable bonds is 7. The van der Waals surface area contributed by atoms with Crippen LogP contribution in [0.15, 0.2) is 84.0 Å². The number of amides is 1. The first-order valence-corrected chi connectivity index (χ1v) is 13.0. The van der Waals surface area contributed by atoms with Gasteiger partial charge in [0.1, 0.15) is 5.15 Å². The lowest BCUT2D eigenvalue weighted by atomic mass is 10.2. The van der Waals surface area contributed by atoms with Crippen LogP contribution in [0.5, 0.6) is 0 Å². The molecular weight excluding hydrogens is 507 g/mol. The molecule has 0 bridgehead atoms. The largest absolute Gasteiger partial charge is 0.271 e. The molecule has 1 aromatic heterocycles. The molecule has 0 atom stereocenters. The highest BCUT2D eigenvalue weighted by Crippen LogP contribution is 2.22. The predicted octanol–water partition coefficient (Wildman–Crippen LogP) is 5.27. The van der Waals surface area contributed by atoms with Crippen LogP contribution in [0.3, 0.4) is 0 Å². The molecule has 0 saturated carbocycles. The zero-order valence-corrected chi connectivity index (χ0v) is 20.8. The number of sulfonamides is 1. The van der Waals surface area contributed by atoms with Crippen molar-refractivity contribution in [2.24, 2.45) is 5.10 Å². The molecule has 7 nitrogen and oxygen atoms in total. The number of nitrogens with zero attached hydrogens (tertiary/aromatic N) is 3. The van der Waals surface area contributed by atoms with Crippen LogP contribution < -0.4 is 9.73 Å². The first-order valence-electron chi connectivity index (χ1n) is 10.4. The molecule has 0 spiro atoms. The summed E-state index contributed by atoms with van der Waals surface area (Å²) in [6.07, 6.45) is 2.55.